The minimum atomic E-state index is -1.42. The fourth-order valence-electron chi connectivity index (χ4n) is 3.71. The summed E-state index contributed by atoms with van der Waals surface area (Å²) in [6, 6.07) is 14.8. The van der Waals surface area contributed by atoms with E-state index in [1.165, 1.54) is 0 Å². The van der Waals surface area contributed by atoms with Crippen LogP contribution in [0.2, 0.25) is 0 Å². The van der Waals surface area contributed by atoms with Gasteiger partial charge in [-0.3, -0.25) is 9.63 Å². The first kappa shape index (κ1) is 17.7. The van der Waals surface area contributed by atoms with Crippen molar-refractivity contribution in [3.05, 3.63) is 70.8 Å². The zero-order valence-corrected chi connectivity index (χ0v) is 15.4. The fourth-order valence-corrected chi connectivity index (χ4v) is 3.71. The minimum absolute atomic E-state index is 0.251. The summed E-state index contributed by atoms with van der Waals surface area (Å²) < 4.78 is 0. The van der Waals surface area contributed by atoms with Gasteiger partial charge in [0.05, 0.1) is 6.61 Å². The van der Waals surface area contributed by atoms with Gasteiger partial charge in [-0.1, -0.05) is 42.0 Å². The second kappa shape index (κ2) is 6.82. The minimum Gasteiger partial charge on any atom is -0.479 e. The zero-order chi connectivity index (χ0) is 19.0. The number of carboxylic acid groups (broad SMARTS) is 1. The number of rotatable bonds is 6. The molecule has 2 aliphatic carbocycles. The number of carbonyl (C=O) groups is 2. The summed E-state index contributed by atoms with van der Waals surface area (Å²) in [5.74, 6) is -1.02. The van der Waals surface area contributed by atoms with Gasteiger partial charge in [0, 0.05) is 18.4 Å². The number of nitrogens with zero attached hydrogens (tertiary/aromatic N) is 1. The van der Waals surface area contributed by atoms with E-state index in [0.29, 0.717) is 18.1 Å². The molecule has 2 aliphatic rings. The van der Waals surface area contributed by atoms with Crippen molar-refractivity contribution in [1.82, 2.24) is 5.06 Å². The van der Waals surface area contributed by atoms with Crippen molar-refractivity contribution in [2.75, 3.05) is 6.61 Å². The monoisotopic (exact) mass is 365 g/mol. The summed E-state index contributed by atoms with van der Waals surface area (Å²) in [7, 11) is 0. The SMILES string of the molecule is Cc1cccc(C(=O)N(OCC2CC2)C2(C(=O)O)Cc3ccccc3C2)c1. The first-order valence-electron chi connectivity index (χ1n) is 9.34. The second-order valence-electron chi connectivity index (χ2n) is 7.67. The summed E-state index contributed by atoms with van der Waals surface area (Å²) in [5.41, 5.74) is 1.89. The molecule has 0 unspecified atom stereocenters. The number of benzene rings is 2. The molecule has 2 aromatic rings. The first-order chi connectivity index (χ1) is 13.0. The maximum Gasteiger partial charge on any atom is 0.332 e. The Bertz CT molecular complexity index is 862. The summed E-state index contributed by atoms with van der Waals surface area (Å²) in [6.07, 6.45) is 2.63. The molecule has 0 heterocycles. The Morgan fingerprint density at radius 1 is 1.11 bits per heavy atom. The van der Waals surface area contributed by atoms with Gasteiger partial charge < -0.3 is 5.11 Å². The Kier molecular flexibility index (Phi) is 4.48. The van der Waals surface area contributed by atoms with Crippen molar-refractivity contribution in [3.8, 4) is 0 Å². The number of fused-ring (bicyclic) bond motifs is 1. The number of carboxylic acids is 1. The number of aliphatic carboxylic acids is 1. The highest BCUT2D eigenvalue weighted by Crippen LogP contribution is 2.38. The molecule has 0 aromatic heterocycles. The van der Waals surface area contributed by atoms with Gasteiger partial charge in [0.25, 0.3) is 5.91 Å². The predicted octanol–water partition coefficient (Wildman–Crippen LogP) is 3.40. The van der Waals surface area contributed by atoms with Crippen molar-refractivity contribution >= 4 is 11.9 Å². The lowest BCUT2D eigenvalue weighted by Gasteiger charge is -2.36. The molecule has 27 heavy (non-hydrogen) atoms. The molecule has 2 aromatic carbocycles. The van der Waals surface area contributed by atoms with Gasteiger partial charge in [-0.15, -0.1) is 0 Å². The van der Waals surface area contributed by atoms with Crippen LogP contribution in [0.4, 0.5) is 0 Å². The van der Waals surface area contributed by atoms with Crippen LogP contribution in [0.15, 0.2) is 48.5 Å². The van der Waals surface area contributed by atoms with Gasteiger partial charge in [-0.05, 0) is 48.9 Å². The van der Waals surface area contributed by atoms with E-state index in [9.17, 15) is 14.7 Å². The van der Waals surface area contributed by atoms with Crippen molar-refractivity contribution < 1.29 is 19.5 Å². The molecule has 0 atom stereocenters. The Labute approximate surface area is 158 Å². The highest BCUT2D eigenvalue weighted by Gasteiger charge is 2.52. The van der Waals surface area contributed by atoms with Gasteiger partial charge in [0.1, 0.15) is 0 Å². The number of amides is 1. The lowest BCUT2D eigenvalue weighted by Crippen LogP contribution is -2.58. The van der Waals surface area contributed by atoms with Gasteiger partial charge in [0.2, 0.25) is 0 Å². The number of aryl methyl sites for hydroxylation is 1. The third-order valence-corrected chi connectivity index (χ3v) is 5.46. The average molecular weight is 365 g/mol. The molecule has 0 spiro atoms. The van der Waals surface area contributed by atoms with Crippen LogP contribution >= 0.6 is 0 Å². The lowest BCUT2D eigenvalue weighted by molar-refractivity contribution is -0.202. The average Bonchev–Trinajstić information content (AvgIpc) is 3.39. The maximum absolute atomic E-state index is 13.3. The van der Waals surface area contributed by atoms with Crippen LogP contribution < -0.4 is 0 Å². The second-order valence-corrected chi connectivity index (χ2v) is 7.67. The molecule has 4 rings (SSSR count). The Hall–Kier alpha value is -2.66. The van der Waals surface area contributed by atoms with Crippen LogP contribution in [0.25, 0.3) is 0 Å². The van der Waals surface area contributed by atoms with E-state index in [-0.39, 0.29) is 12.8 Å². The number of hydrogen-bond acceptors (Lipinski definition) is 3. The van der Waals surface area contributed by atoms with Crippen LogP contribution in [0.3, 0.4) is 0 Å². The molecule has 1 amide bonds. The van der Waals surface area contributed by atoms with E-state index in [0.717, 1.165) is 34.6 Å². The number of carbonyl (C=O) groups excluding carboxylic acids is 1. The third kappa shape index (κ3) is 3.35. The smallest absolute Gasteiger partial charge is 0.332 e. The quantitative estimate of drug-likeness (QED) is 0.797. The Morgan fingerprint density at radius 3 is 2.33 bits per heavy atom. The van der Waals surface area contributed by atoms with Crippen LogP contribution in [0.5, 0.6) is 0 Å². The summed E-state index contributed by atoms with van der Waals surface area (Å²) in [6.45, 7) is 2.29. The summed E-state index contributed by atoms with van der Waals surface area (Å²) in [5, 5.41) is 11.3. The molecule has 1 saturated carbocycles. The normalized spacial score (nSPS) is 17.4. The predicted molar refractivity (Wildman–Crippen MR) is 100 cm³/mol. The molecular formula is C22H23NO4. The topological polar surface area (TPSA) is 66.8 Å². The highest BCUT2D eigenvalue weighted by molar-refractivity contribution is 5.97. The van der Waals surface area contributed by atoms with E-state index in [1.807, 2.05) is 37.3 Å². The summed E-state index contributed by atoms with van der Waals surface area (Å²) >= 11 is 0. The molecule has 0 saturated heterocycles. The van der Waals surface area contributed by atoms with E-state index in [4.69, 9.17) is 4.84 Å². The Balaban J connectivity index is 1.72. The van der Waals surface area contributed by atoms with Crippen molar-refractivity contribution in [3.63, 3.8) is 0 Å². The van der Waals surface area contributed by atoms with Crippen molar-refractivity contribution in [2.24, 2.45) is 5.92 Å². The molecule has 1 fully saturated rings. The van der Waals surface area contributed by atoms with Crippen LogP contribution in [-0.4, -0.2) is 34.2 Å². The van der Waals surface area contributed by atoms with Crippen LogP contribution in [-0.2, 0) is 22.5 Å². The van der Waals surface area contributed by atoms with Crippen molar-refractivity contribution in [2.45, 2.75) is 38.1 Å². The molecular weight excluding hydrogens is 342 g/mol. The number of hydroxylamine groups is 2. The molecule has 1 N–H and O–H groups in total. The lowest BCUT2D eigenvalue weighted by atomic mass is 9.94. The summed E-state index contributed by atoms with van der Waals surface area (Å²) in [4.78, 5) is 31.6. The fraction of sp³-hybridized carbons (Fsp3) is 0.364. The molecule has 5 heteroatoms. The van der Waals surface area contributed by atoms with E-state index in [1.54, 1.807) is 18.2 Å². The van der Waals surface area contributed by atoms with E-state index < -0.39 is 17.4 Å². The maximum atomic E-state index is 13.3. The van der Waals surface area contributed by atoms with Crippen LogP contribution in [0.1, 0.15) is 39.9 Å². The van der Waals surface area contributed by atoms with Crippen LogP contribution in [0, 0.1) is 12.8 Å². The van der Waals surface area contributed by atoms with Gasteiger partial charge in [0.15, 0.2) is 5.54 Å². The molecule has 0 bridgehead atoms. The Morgan fingerprint density at radius 2 is 1.78 bits per heavy atom. The third-order valence-electron chi connectivity index (χ3n) is 5.46. The molecule has 5 nitrogen and oxygen atoms in total. The molecule has 0 aliphatic heterocycles. The highest BCUT2D eigenvalue weighted by atomic mass is 16.7. The molecule has 0 radical (unpaired) electrons. The first-order valence-corrected chi connectivity index (χ1v) is 9.34. The van der Waals surface area contributed by atoms with E-state index >= 15 is 0 Å². The molecule has 140 valence electrons. The van der Waals surface area contributed by atoms with Gasteiger partial charge >= 0.3 is 5.97 Å². The number of hydrogen-bond donors (Lipinski definition) is 1. The zero-order valence-electron chi connectivity index (χ0n) is 15.4. The van der Waals surface area contributed by atoms with Crippen molar-refractivity contribution in [1.29, 1.82) is 0 Å². The van der Waals surface area contributed by atoms with Gasteiger partial charge in [-0.25, -0.2) is 4.79 Å². The van der Waals surface area contributed by atoms with Gasteiger partial charge in [-0.2, -0.15) is 5.06 Å². The standard InChI is InChI=1S/C22H23NO4/c1-15-5-4-8-17(11-15)20(24)23(27-14-16-9-10-16)22(21(25)26)12-18-6-2-3-7-19(18)13-22/h2-8,11,16H,9-10,12-14H2,1H3,(H,25,26). The largest absolute Gasteiger partial charge is 0.479 e. The van der Waals surface area contributed by atoms with E-state index in [2.05, 4.69) is 0 Å².